The first-order valence-electron chi connectivity index (χ1n) is 8.54. The lowest BCUT2D eigenvalue weighted by Crippen LogP contribution is -2.29. The molecule has 0 spiro atoms. The van der Waals surface area contributed by atoms with Gasteiger partial charge in [0, 0.05) is 17.0 Å². The van der Waals surface area contributed by atoms with Crippen molar-refractivity contribution < 1.29 is 0 Å². The van der Waals surface area contributed by atoms with Crippen molar-refractivity contribution in [2.45, 2.75) is 26.2 Å². The Labute approximate surface area is 145 Å². The summed E-state index contributed by atoms with van der Waals surface area (Å²) in [7, 11) is 0. The van der Waals surface area contributed by atoms with Crippen LogP contribution < -0.4 is 5.43 Å². The van der Waals surface area contributed by atoms with Gasteiger partial charge in [-0.3, -0.25) is 9.36 Å². The minimum atomic E-state index is -0.169. The number of benzene rings is 2. The molecule has 0 atom stereocenters. The molecule has 3 nitrogen and oxygen atoms in total. The van der Waals surface area contributed by atoms with Crippen molar-refractivity contribution in [1.29, 1.82) is 0 Å². The molecule has 1 aliphatic heterocycles. The molecular formula is C22H18N2O. The van der Waals surface area contributed by atoms with Crippen LogP contribution in [-0.4, -0.2) is 9.55 Å². The lowest BCUT2D eigenvalue weighted by Gasteiger charge is -2.36. The SMILES string of the molecule is Cc1ccc2c(c1)-n1c3ncccc3c(=O)c3cccc(c31)C2(C)C. The maximum absolute atomic E-state index is 13.1. The minimum Gasteiger partial charge on any atom is -0.293 e. The van der Waals surface area contributed by atoms with Gasteiger partial charge in [0.25, 0.3) is 0 Å². The average molecular weight is 326 g/mol. The molecule has 3 heteroatoms. The van der Waals surface area contributed by atoms with E-state index in [1.165, 1.54) is 16.7 Å². The maximum atomic E-state index is 13.1. The fraction of sp³-hybridized carbons (Fsp3) is 0.182. The Morgan fingerprint density at radius 3 is 2.60 bits per heavy atom. The zero-order valence-corrected chi connectivity index (χ0v) is 14.5. The first kappa shape index (κ1) is 14.4. The molecule has 0 bridgehead atoms. The molecule has 5 rings (SSSR count). The summed E-state index contributed by atoms with van der Waals surface area (Å²) in [6, 6.07) is 16.3. The molecule has 0 unspecified atom stereocenters. The Morgan fingerprint density at radius 2 is 1.76 bits per heavy atom. The van der Waals surface area contributed by atoms with Crippen molar-refractivity contribution >= 4 is 21.9 Å². The summed E-state index contributed by atoms with van der Waals surface area (Å²) in [4.78, 5) is 17.6. The number of para-hydroxylation sites is 1. The number of hydrogen-bond donors (Lipinski definition) is 0. The van der Waals surface area contributed by atoms with Gasteiger partial charge in [-0.05, 0) is 47.9 Å². The number of aryl methyl sites for hydroxylation is 1. The largest absolute Gasteiger partial charge is 0.293 e. The highest BCUT2D eigenvalue weighted by molar-refractivity contribution is 5.97. The van der Waals surface area contributed by atoms with Crippen molar-refractivity contribution in [3.8, 4) is 5.69 Å². The molecule has 122 valence electrons. The number of aromatic nitrogens is 2. The number of nitrogens with zero attached hydrogens (tertiary/aromatic N) is 2. The van der Waals surface area contributed by atoms with Crippen molar-refractivity contribution in [2.75, 3.05) is 0 Å². The van der Waals surface area contributed by atoms with Crippen molar-refractivity contribution in [3.05, 3.63) is 81.6 Å². The quantitative estimate of drug-likeness (QED) is 0.446. The molecule has 3 heterocycles. The number of rotatable bonds is 0. The molecule has 0 saturated heterocycles. The van der Waals surface area contributed by atoms with E-state index in [4.69, 9.17) is 0 Å². The third kappa shape index (κ3) is 1.70. The van der Waals surface area contributed by atoms with Crippen LogP contribution in [0.2, 0.25) is 0 Å². The molecule has 0 saturated carbocycles. The number of pyridine rings is 2. The molecule has 2 aromatic heterocycles. The van der Waals surface area contributed by atoms with E-state index in [0.29, 0.717) is 5.39 Å². The molecule has 0 amide bonds. The summed E-state index contributed by atoms with van der Waals surface area (Å²) in [5.41, 5.74) is 6.36. The third-order valence-corrected chi connectivity index (χ3v) is 5.49. The van der Waals surface area contributed by atoms with Gasteiger partial charge in [0.2, 0.25) is 0 Å². The van der Waals surface area contributed by atoms with E-state index >= 15 is 0 Å². The zero-order chi connectivity index (χ0) is 17.3. The smallest absolute Gasteiger partial charge is 0.198 e. The lowest BCUT2D eigenvalue weighted by atomic mass is 9.74. The maximum Gasteiger partial charge on any atom is 0.198 e. The predicted molar refractivity (Wildman–Crippen MR) is 102 cm³/mol. The predicted octanol–water partition coefficient (Wildman–Crippen LogP) is 4.49. The summed E-state index contributed by atoms with van der Waals surface area (Å²) in [6.45, 7) is 6.56. The van der Waals surface area contributed by atoms with E-state index in [-0.39, 0.29) is 10.8 Å². The molecular weight excluding hydrogens is 308 g/mol. The Balaban J connectivity index is 2.18. The van der Waals surface area contributed by atoms with E-state index in [2.05, 4.69) is 54.6 Å². The Bertz CT molecular complexity index is 1250. The van der Waals surface area contributed by atoms with Crippen LogP contribution in [0.3, 0.4) is 0 Å². The molecule has 0 fully saturated rings. The highest BCUT2D eigenvalue weighted by Crippen LogP contribution is 2.44. The van der Waals surface area contributed by atoms with Gasteiger partial charge in [-0.25, -0.2) is 4.98 Å². The van der Waals surface area contributed by atoms with Gasteiger partial charge in [0.1, 0.15) is 5.65 Å². The van der Waals surface area contributed by atoms with E-state index in [0.717, 1.165) is 22.2 Å². The van der Waals surface area contributed by atoms with E-state index in [1.807, 2.05) is 24.3 Å². The monoisotopic (exact) mass is 326 g/mol. The summed E-state index contributed by atoms with van der Waals surface area (Å²) in [6.07, 6.45) is 1.76. The van der Waals surface area contributed by atoms with Crippen LogP contribution in [0.15, 0.2) is 59.5 Å². The Morgan fingerprint density at radius 1 is 0.960 bits per heavy atom. The van der Waals surface area contributed by atoms with Crippen molar-refractivity contribution in [1.82, 2.24) is 9.55 Å². The van der Waals surface area contributed by atoms with Gasteiger partial charge in [-0.1, -0.05) is 38.1 Å². The first-order chi connectivity index (χ1) is 12.0. The minimum absolute atomic E-state index is 0.0584. The molecule has 25 heavy (non-hydrogen) atoms. The van der Waals surface area contributed by atoms with Crippen LogP contribution in [-0.2, 0) is 5.41 Å². The van der Waals surface area contributed by atoms with Gasteiger partial charge in [-0.15, -0.1) is 0 Å². The van der Waals surface area contributed by atoms with Crippen LogP contribution in [0.4, 0.5) is 0 Å². The molecule has 4 aromatic rings. The van der Waals surface area contributed by atoms with Gasteiger partial charge >= 0.3 is 0 Å². The standard InChI is InChI=1S/C22H18N2O/c1-13-9-10-16-18(12-13)24-19-14(6-4-8-17(19)22(16,2)3)20(25)15-7-5-11-23-21(15)24/h4-12H,1-3H3. The van der Waals surface area contributed by atoms with Gasteiger partial charge in [0.05, 0.1) is 16.6 Å². The molecule has 2 aromatic carbocycles. The molecule has 0 radical (unpaired) electrons. The van der Waals surface area contributed by atoms with Gasteiger partial charge < -0.3 is 0 Å². The molecule has 1 aliphatic rings. The second kappa shape index (κ2) is 4.57. The fourth-order valence-electron chi connectivity index (χ4n) is 4.21. The van der Waals surface area contributed by atoms with Crippen LogP contribution in [0.25, 0.3) is 27.6 Å². The Hall–Kier alpha value is -2.94. The summed E-state index contributed by atoms with van der Waals surface area (Å²) < 4.78 is 2.18. The normalized spacial score (nSPS) is 14.7. The van der Waals surface area contributed by atoms with Gasteiger partial charge in [-0.2, -0.15) is 0 Å². The average Bonchev–Trinajstić information content (AvgIpc) is 2.61. The van der Waals surface area contributed by atoms with Gasteiger partial charge in [0.15, 0.2) is 5.43 Å². The van der Waals surface area contributed by atoms with E-state index in [9.17, 15) is 4.79 Å². The summed E-state index contributed by atoms with van der Waals surface area (Å²) in [5.74, 6) is 0. The Kier molecular flexibility index (Phi) is 2.63. The topological polar surface area (TPSA) is 34.9 Å². The van der Waals surface area contributed by atoms with E-state index < -0.39 is 0 Å². The highest BCUT2D eigenvalue weighted by Gasteiger charge is 2.34. The number of fused-ring (bicyclic) bond motifs is 4. The zero-order valence-electron chi connectivity index (χ0n) is 14.5. The van der Waals surface area contributed by atoms with Crippen molar-refractivity contribution in [2.24, 2.45) is 0 Å². The second-order valence-electron chi connectivity index (χ2n) is 7.39. The first-order valence-corrected chi connectivity index (χ1v) is 8.54. The summed E-state index contributed by atoms with van der Waals surface area (Å²) >= 11 is 0. The highest BCUT2D eigenvalue weighted by atomic mass is 16.1. The molecule has 0 aliphatic carbocycles. The van der Waals surface area contributed by atoms with Crippen LogP contribution in [0.1, 0.15) is 30.5 Å². The van der Waals surface area contributed by atoms with Crippen LogP contribution >= 0.6 is 0 Å². The second-order valence-corrected chi connectivity index (χ2v) is 7.39. The van der Waals surface area contributed by atoms with Crippen molar-refractivity contribution in [3.63, 3.8) is 0 Å². The number of hydrogen-bond acceptors (Lipinski definition) is 2. The van der Waals surface area contributed by atoms with E-state index in [1.54, 1.807) is 6.20 Å². The fourth-order valence-corrected chi connectivity index (χ4v) is 4.21. The summed E-state index contributed by atoms with van der Waals surface area (Å²) in [5, 5.41) is 1.43. The lowest BCUT2D eigenvalue weighted by molar-refractivity contribution is 0.628. The molecule has 0 N–H and O–H groups in total. The van der Waals surface area contributed by atoms with Crippen LogP contribution in [0, 0.1) is 6.92 Å². The van der Waals surface area contributed by atoms with Crippen LogP contribution in [0.5, 0.6) is 0 Å². The third-order valence-electron chi connectivity index (χ3n) is 5.49.